The van der Waals surface area contributed by atoms with Gasteiger partial charge in [0.25, 0.3) is 0 Å². The van der Waals surface area contributed by atoms with Crippen LogP contribution in [0.15, 0.2) is 36.4 Å². The van der Waals surface area contributed by atoms with E-state index in [1.54, 1.807) is 10.8 Å². The van der Waals surface area contributed by atoms with E-state index in [1.165, 1.54) is 23.1 Å². The van der Waals surface area contributed by atoms with Crippen LogP contribution in [0.1, 0.15) is 11.1 Å². The molecule has 0 nitrogen and oxygen atoms in total. The summed E-state index contributed by atoms with van der Waals surface area (Å²) in [6.45, 7) is 10.3. The standard InChI is InChI=1S/C17H20Si2/c1-18(2,3)19(4)16-10-9-14-13-8-6-5-7-12(13)11-15(14)17(16)19/h5-10H,11H2,1-4H3. The molecule has 0 radical (unpaired) electrons. The summed E-state index contributed by atoms with van der Waals surface area (Å²) in [6.07, 6.45) is 1.18. The maximum atomic E-state index is 2.62. The second-order valence-corrected chi connectivity index (χ2v) is 22.5. The zero-order valence-electron chi connectivity index (χ0n) is 12.2. The molecule has 0 saturated heterocycles. The second-order valence-electron chi connectivity index (χ2n) is 7.22. The minimum Gasteiger partial charge on any atom is -0.0709 e. The molecule has 0 spiro atoms. The first-order chi connectivity index (χ1) is 8.94. The molecular weight excluding hydrogens is 260 g/mol. The second kappa shape index (κ2) is 3.30. The Balaban J connectivity index is 1.93. The fraction of sp³-hybridized carbons (Fsp3) is 0.294. The monoisotopic (exact) mass is 280 g/mol. The van der Waals surface area contributed by atoms with E-state index in [-0.39, 0.29) is 0 Å². The highest BCUT2D eigenvalue weighted by molar-refractivity contribution is 7.58. The quantitative estimate of drug-likeness (QED) is 0.601. The van der Waals surface area contributed by atoms with Gasteiger partial charge < -0.3 is 0 Å². The minimum atomic E-state index is -1.20. The molecule has 19 heavy (non-hydrogen) atoms. The van der Waals surface area contributed by atoms with E-state index in [4.69, 9.17) is 0 Å². The molecule has 1 aliphatic heterocycles. The number of fused-ring (bicyclic) bond motifs is 5. The number of rotatable bonds is 1. The molecule has 0 fully saturated rings. The molecule has 0 aromatic heterocycles. The summed E-state index contributed by atoms with van der Waals surface area (Å²) in [6, 6.07) is 13.8. The topological polar surface area (TPSA) is 0 Å². The molecule has 1 atom stereocenters. The first-order valence-corrected chi connectivity index (χ1v) is 14.2. The maximum absolute atomic E-state index is 2.62. The van der Waals surface area contributed by atoms with Gasteiger partial charge in [-0.1, -0.05) is 73.0 Å². The van der Waals surface area contributed by atoms with Gasteiger partial charge in [0.1, 0.15) is 7.59 Å². The molecule has 1 heterocycles. The van der Waals surface area contributed by atoms with Gasteiger partial charge in [0.05, 0.1) is 0 Å². The van der Waals surface area contributed by atoms with Crippen molar-refractivity contribution in [2.75, 3.05) is 0 Å². The first-order valence-electron chi connectivity index (χ1n) is 7.20. The van der Waals surface area contributed by atoms with Gasteiger partial charge in [-0.3, -0.25) is 0 Å². The van der Waals surface area contributed by atoms with Crippen molar-refractivity contribution in [1.29, 1.82) is 0 Å². The van der Waals surface area contributed by atoms with Gasteiger partial charge in [-0.05, 0) is 28.7 Å². The fourth-order valence-corrected chi connectivity index (χ4v) is 14.6. The van der Waals surface area contributed by atoms with Crippen LogP contribution in [-0.4, -0.2) is 15.2 Å². The van der Waals surface area contributed by atoms with Gasteiger partial charge in [-0.15, -0.1) is 0 Å². The molecule has 0 saturated carbocycles. The summed E-state index contributed by atoms with van der Waals surface area (Å²) in [5.74, 6) is 0. The maximum Gasteiger partial charge on any atom is 0.107 e. The molecule has 0 amide bonds. The molecule has 1 unspecified atom stereocenters. The average Bonchev–Trinajstić information content (AvgIpc) is 2.83. The highest BCUT2D eigenvalue weighted by atomic mass is 29.3. The van der Waals surface area contributed by atoms with E-state index in [1.807, 2.05) is 5.19 Å². The van der Waals surface area contributed by atoms with Crippen LogP contribution in [0, 0.1) is 0 Å². The third-order valence-electron chi connectivity index (χ3n) is 5.46. The van der Waals surface area contributed by atoms with Crippen molar-refractivity contribution in [3.63, 3.8) is 0 Å². The van der Waals surface area contributed by atoms with Crippen LogP contribution in [0.5, 0.6) is 0 Å². The Hall–Kier alpha value is -1.13. The van der Waals surface area contributed by atoms with Crippen molar-refractivity contribution in [1.82, 2.24) is 0 Å². The minimum absolute atomic E-state index is 1.06. The van der Waals surface area contributed by atoms with Gasteiger partial charge in [0, 0.05) is 7.59 Å². The van der Waals surface area contributed by atoms with Crippen LogP contribution in [-0.2, 0) is 6.42 Å². The van der Waals surface area contributed by atoms with Gasteiger partial charge in [0.2, 0.25) is 0 Å². The zero-order chi connectivity index (χ0) is 13.4. The molecular formula is C17H20Si2. The van der Waals surface area contributed by atoms with Crippen LogP contribution >= 0.6 is 0 Å². The normalized spacial score (nSPS) is 22.7. The average molecular weight is 281 g/mol. The van der Waals surface area contributed by atoms with E-state index in [0.717, 1.165) is 0 Å². The Morgan fingerprint density at radius 2 is 1.68 bits per heavy atom. The van der Waals surface area contributed by atoms with Crippen LogP contribution in [0.3, 0.4) is 0 Å². The smallest absolute Gasteiger partial charge is 0.0709 e. The number of hydrogen-bond donors (Lipinski definition) is 0. The van der Waals surface area contributed by atoms with Crippen molar-refractivity contribution >= 4 is 25.6 Å². The Bertz CT molecular complexity index is 710. The lowest BCUT2D eigenvalue weighted by molar-refractivity contribution is 1.28. The molecule has 2 heteroatoms. The van der Waals surface area contributed by atoms with Crippen LogP contribution in [0.4, 0.5) is 0 Å². The van der Waals surface area contributed by atoms with E-state index in [2.05, 4.69) is 62.6 Å². The first kappa shape index (κ1) is 11.7. The summed E-state index contributed by atoms with van der Waals surface area (Å²) >= 11 is 0. The largest absolute Gasteiger partial charge is 0.107 e. The summed E-state index contributed by atoms with van der Waals surface area (Å²) in [5.41, 5.74) is 6.24. The third-order valence-corrected chi connectivity index (χ3v) is 21.8. The predicted octanol–water partition coefficient (Wildman–Crippen LogP) is 3.18. The molecule has 96 valence electrons. The van der Waals surface area contributed by atoms with Gasteiger partial charge in [-0.25, -0.2) is 0 Å². The summed E-state index contributed by atoms with van der Waals surface area (Å²) < 4.78 is 0. The Morgan fingerprint density at radius 1 is 0.947 bits per heavy atom. The predicted molar refractivity (Wildman–Crippen MR) is 88.9 cm³/mol. The van der Waals surface area contributed by atoms with Crippen LogP contribution in [0.25, 0.3) is 11.1 Å². The molecule has 2 aromatic rings. The Morgan fingerprint density at radius 3 is 2.42 bits per heavy atom. The SMILES string of the molecule is C[Si](C)(C)[Si]1(C)c2ccc3c(c21)Cc1ccccc1-3. The van der Waals surface area contributed by atoms with Gasteiger partial charge in [-0.2, -0.15) is 0 Å². The van der Waals surface area contributed by atoms with Crippen LogP contribution < -0.4 is 10.4 Å². The lowest BCUT2D eigenvalue weighted by Gasteiger charge is -2.24. The number of benzene rings is 2. The highest BCUT2D eigenvalue weighted by Gasteiger charge is 2.58. The van der Waals surface area contributed by atoms with Crippen molar-refractivity contribution in [2.45, 2.75) is 32.6 Å². The Kier molecular flexibility index (Phi) is 2.03. The molecule has 1 aliphatic carbocycles. The fourth-order valence-electron chi connectivity index (χ4n) is 3.86. The van der Waals surface area contributed by atoms with E-state index in [0.29, 0.717) is 0 Å². The number of hydrogen-bond acceptors (Lipinski definition) is 0. The van der Waals surface area contributed by atoms with E-state index in [9.17, 15) is 0 Å². The van der Waals surface area contributed by atoms with Crippen molar-refractivity contribution in [3.8, 4) is 11.1 Å². The van der Waals surface area contributed by atoms with Crippen molar-refractivity contribution in [3.05, 3.63) is 47.5 Å². The highest BCUT2D eigenvalue weighted by Crippen LogP contribution is 2.40. The molecule has 4 rings (SSSR count). The molecule has 0 bridgehead atoms. The van der Waals surface area contributed by atoms with E-state index < -0.39 is 15.2 Å². The summed E-state index contributed by atoms with van der Waals surface area (Å²) in [7, 11) is -2.26. The van der Waals surface area contributed by atoms with Gasteiger partial charge in [0.15, 0.2) is 0 Å². The summed E-state index contributed by atoms with van der Waals surface area (Å²) in [4.78, 5) is 0. The Labute approximate surface area is 117 Å². The molecule has 2 aromatic carbocycles. The lowest BCUT2D eigenvalue weighted by atomic mass is 10.1. The van der Waals surface area contributed by atoms with Gasteiger partial charge >= 0.3 is 0 Å². The molecule has 2 aliphatic rings. The molecule has 0 N–H and O–H groups in total. The van der Waals surface area contributed by atoms with Crippen molar-refractivity contribution < 1.29 is 0 Å². The zero-order valence-corrected chi connectivity index (χ0v) is 14.2. The summed E-state index contributed by atoms with van der Waals surface area (Å²) in [5, 5.41) is 3.61. The third kappa shape index (κ3) is 1.29. The lowest BCUT2D eigenvalue weighted by Crippen LogP contribution is -2.52. The van der Waals surface area contributed by atoms with Crippen LogP contribution in [0.2, 0.25) is 26.2 Å². The van der Waals surface area contributed by atoms with E-state index >= 15 is 0 Å². The van der Waals surface area contributed by atoms with Crippen molar-refractivity contribution in [2.24, 2.45) is 0 Å².